The first-order chi connectivity index (χ1) is 16.4. The summed E-state index contributed by atoms with van der Waals surface area (Å²) in [6.45, 7) is 3.25. The Labute approximate surface area is 200 Å². The molecule has 1 aliphatic heterocycles. The largest absolute Gasteiger partial charge is 0.462 e. The molecule has 0 radical (unpaired) electrons. The number of para-hydroxylation sites is 1. The Kier molecular flexibility index (Phi) is 7.51. The molecule has 34 heavy (non-hydrogen) atoms. The maximum atomic E-state index is 12.9. The number of anilines is 1. The van der Waals surface area contributed by atoms with Crippen LogP contribution in [0.15, 0.2) is 57.0 Å². The van der Waals surface area contributed by atoms with Crippen molar-refractivity contribution in [3.8, 4) is 0 Å². The lowest BCUT2D eigenvalue weighted by Gasteiger charge is -2.25. The Morgan fingerprint density at radius 1 is 1.18 bits per heavy atom. The van der Waals surface area contributed by atoms with Gasteiger partial charge in [0, 0.05) is 13.1 Å². The van der Waals surface area contributed by atoms with Gasteiger partial charge in [-0.1, -0.05) is 23.9 Å². The van der Waals surface area contributed by atoms with Crippen molar-refractivity contribution in [3.05, 3.63) is 48.0 Å². The first-order valence-corrected chi connectivity index (χ1v) is 13.0. The van der Waals surface area contributed by atoms with E-state index < -0.39 is 16.0 Å². The van der Waals surface area contributed by atoms with E-state index in [1.165, 1.54) is 16.4 Å². The molecule has 0 aliphatic carbocycles. The number of oxazole rings is 1. The number of nitrogens with zero attached hydrogens (tertiary/aromatic N) is 2. The predicted molar refractivity (Wildman–Crippen MR) is 125 cm³/mol. The molecule has 1 saturated heterocycles. The second-order valence-corrected chi connectivity index (χ2v) is 10.1. The number of fused-ring (bicyclic) bond motifs is 1. The van der Waals surface area contributed by atoms with E-state index >= 15 is 0 Å². The summed E-state index contributed by atoms with van der Waals surface area (Å²) in [5, 5.41) is 2.92. The van der Waals surface area contributed by atoms with Gasteiger partial charge in [-0.25, -0.2) is 18.2 Å². The second kappa shape index (κ2) is 10.6. The molecule has 2 aromatic carbocycles. The van der Waals surface area contributed by atoms with Crippen molar-refractivity contribution in [1.82, 2.24) is 9.29 Å². The molecule has 1 fully saturated rings. The number of thioether (sulfide) groups is 1. The van der Waals surface area contributed by atoms with E-state index in [-0.39, 0.29) is 33.9 Å². The van der Waals surface area contributed by atoms with Crippen LogP contribution in [0, 0.1) is 0 Å². The van der Waals surface area contributed by atoms with Crippen molar-refractivity contribution in [2.45, 2.75) is 17.0 Å². The molecule has 0 saturated carbocycles. The molecule has 10 nitrogen and oxygen atoms in total. The smallest absolute Gasteiger partial charge is 0.340 e. The molecule has 2 heterocycles. The minimum atomic E-state index is -3.66. The van der Waals surface area contributed by atoms with E-state index in [2.05, 4.69) is 10.3 Å². The number of hydrogen-bond acceptors (Lipinski definition) is 9. The summed E-state index contributed by atoms with van der Waals surface area (Å²) >= 11 is 1.06. The number of ether oxygens (including phenoxy) is 2. The summed E-state index contributed by atoms with van der Waals surface area (Å²) < 4.78 is 43.0. The summed E-state index contributed by atoms with van der Waals surface area (Å²) in [5.74, 6) is -0.907. The lowest BCUT2D eigenvalue weighted by molar-refractivity contribution is -0.113. The number of carbonyl (C=O) groups is 2. The number of sulfonamides is 1. The zero-order valence-corrected chi connectivity index (χ0v) is 20.0. The fourth-order valence-electron chi connectivity index (χ4n) is 3.34. The van der Waals surface area contributed by atoms with Gasteiger partial charge < -0.3 is 19.2 Å². The topological polar surface area (TPSA) is 128 Å². The first kappa shape index (κ1) is 24.2. The molecule has 1 N–H and O–H groups in total. The van der Waals surface area contributed by atoms with Gasteiger partial charge in [-0.2, -0.15) is 4.31 Å². The van der Waals surface area contributed by atoms with Crippen LogP contribution in [-0.2, 0) is 24.3 Å². The maximum absolute atomic E-state index is 12.9. The normalized spacial score (nSPS) is 14.7. The van der Waals surface area contributed by atoms with Gasteiger partial charge in [0.1, 0.15) is 5.52 Å². The summed E-state index contributed by atoms with van der Waals surface area (Å²) in [6.07, 6.45) is 0. The van der Waals surface area contributed by atoms with Crippen molar-refractivity contribution < 1.29 is 31.9 Å². The van der Waals surface area contributed by atoms with Crippen molar-refractivity contribution >= 4 is 50.4 Å². The number of benzene rings is 2. The van der Waals surface area contributed by atoms with Crippen molar-refractivity contribution in [2.24, 2.45) is 0 Å². The summed E-state index contributed by atoms with van der Waals surface area (Å²) in [5.41, 5.74) is 1.40. The van der Waals surface area contributed by atoms with E-state index in [1.54, 1.807) is 37.3 Å². The van der Waals surface area contributed by atoms with E-state index in [0.29, 0.717) is 43.1 Å². The summed E-state index contributed by atoms with van der Waals surface area (Å²) in [6, 6.07) is 11.1. The van der Waals surface area contributed by atoms with Crippen LogP contribution in [0.4, 0.5) is 5.69 Å². The molecule has 0 spiro atoms. The van der Waals surface area contributed by atoms with Crippen LogP contribution < -0.4 is 5.32 Å². The third kappa shape index (κ3) is 5.41. The third-order valence-corrected chi connectivity index (χ3v) is 7.69. The average molecular weight is 506 g/mol. The molecule has 1 amide bonds. The van der Waals surface area contributed by atoms with Crippen LogP contribution in [-0.4, -0.2) is 68.2 Å². The molecule has 3 aromatic rings. The van der Waals surface area contributed by atoms with Crippen LogP contribution in [0.2, 0.25) is 0 Å². The Bertz CT molecular complexity index is 1300. The lowest BCUT2D eigenvalue weighted by Crippen LogP contribution is -2.40. The molecule has 1 aliphatic rings. The van der Waals surface area contributed by atoms with Gasteiger partial charge in [0.05, 0.1) is 41.7 Å². The first-order valence-electron chi connectivity index (χ1n) is 10.6. The molecule has 12 heteroatoms. The number of hydrogen-bond donors (Lipinski definition) is 1. The van der Waals surface area contributed by atoms with Crippen LogP contribution in [0.25, 0.3) is 11.1 Å². The minimum absolute atomic E-state index is 0.0249. The van der Waals surface area contributed by atoms with Gasteiger partial charge in [-0.15, -0.1) is 0 Å². The highest BCUT2D eigenvalue weighted by molar-refractivity contribution is 7.99. The number of amides is 1. The van der Waals surface area contributed by atoms with Gasteiger partial charge in [-0.3, -0.25) is 4.79 Å². The Morgan fingerprint density at radius 2 is 1.94 bits per heavy atom. The van der Waals surface area contributed by atoms with Crippen LogP contribution in [0.5, 0.6) is 0 Å². The van der Waals surface area contributed by atoms with Gasteiger partial charge in [0.25, 0.3) is 5.22 Å². The lowest BCUT2D eigenvalue weighted by atomic mass is 10.2. The van der Waals surface area contributed by atoms with Crippen LogP contribution >= 0.6 is 11.8 Å². The number of rotatable bonds is 8. The fourth-order valence-corrected chi connectivity index (χ4v) is 5.40. The number of aromatic nitrogens is 1. The molecule has 0 unspecified atom stereocenters. The molecule has 180 valence electrons. The highest BCUT2D eigenvalue weighted by Gasteiger charge is 2.27. The standard InChI is InChI=1S/C22H23N3O7S2/c1-2-31-21(27)16-5-3-4-6-17(16)23-20(26)14-33-22-24-18-13-15(7-8-19(18)32-22)34(28,29)25-9-11-30-12-10-25/h3-8,13H,2,9-12,14H2,1H3,(H,23,26). The third-order valence-electron chi connectivity index (χ3n) is 4.97. The monoisotopic (exact) mass is 505 g/mol. The second-order valence-electron chi connectivity index (χ2n) is 7.23. The minimum Gasteiger partial charge on any atom is -0.462 e. The van der Waals surface area contributed by atoms with Gasteiger partial charge >= 0.3 is 5.97 Å². The predicted octanol–water partition coefficient (Wildman–Crippen LogP) is 2.76. The molecular formula is C22H23N3O7S2. The molecule has 1 aromatic heterocycles. The summed E-state index contributed by atoms with van der Waals surface area (Å²) in [7, 11) is -3.66. The fraction of sp³-hybridized carbons (Fsp3) is 0.318. The highest BCUT2D eigenvalue weighted by Crippen LogP contribution is 2.27. The van der Waals surface area contributed by atoms with Gasteiger partial charge in [0.2, 0.25) is 15.9 Å². The molecule has 0 atom stereocenters. The number of esters is 1. The number of morpholine rings is 1. The van der Waals surface area contributed by atoms with Crippen LogP contribution in [0.1, 0.15) is 17.3 Å². The van der Waals surface area contributed by atoms with Crippen LogP contribution in [0.3, 0.4) is 0 Å². The van der Waals surface area contributed by atoms with Gasteiger partial charge in [-0.05, 0) is 37.3 Å². The molecular weight excluding hydrogens is 482 g/mol. The maximum Gasteiger partial charge on any atom is 0.340 e. The zero-order chi connectivity index (χ0) is 24.1. The van der Waals surface area contributed by atoms with E-state index in [1.807, 2.05) is 0 Å². The SMILES string of the molecule is CCOC(=O)c1ccccc1NC(=O)CSc1nc2cc(S(=O)(=O)N3CCOCC3)ccc2o1. The average Bonchev–Trinajstić information content (AvgIpc) is 3.26. The molecule has 4 rings (SSSR count). The quantitative estimate of drug-likeness (QED) is 0.363. The van der Waals surface area contributed by atoms with Crippen molar-refractivity contribution in [1.29, 1.82) is 0 Å². The van der Waals surface area contributed by atoms with E-state index in [4.69, 9.17) is 13.9 Å². The van der Waals surface area contributed by atoms with E-state index in [9.17, 15) is 18.0 Å². The Balaban J connectivity index is 1.42. The zero-order valence-electron chi connectivity index (χ0n) is 18.4. The Morgan fingerprint density at radius 3 is 2.71 bits per heavy atom. The van der Waals surface area contributed by atoms with E-state index in [0.717, 1.165) is 11.8 Å². The number of carbonyl (C=O) groups excluding carboxylic acids is 2. The number of nitrogens with one attached hydrogen (secondary N) is 1. The molecule has 0 bridgehead atoms. The van der Waals surface area contributed by atoms with Crippen molar-refractivity contribution in [3.63, 3.8) is 0 Å². The summed E-state index contributed by atoms with van der Waals surface area (Å²) in [4.78, 5) is 29.0. The van der Waals surface area contributed by atoms with Crippen molar-refractivity contribution in [2.75, 3.05) is 44.0 Å². The van der Waals surface area contributed by atoms with Gasteiger partial charge in [0.15, 0.2) is 5.58 Å². The highest BCUT2D eigenvalue weighted by atomic mass is 32.2. The Hall–Kier alpha value is -2.93.